The summed E-state index contributed by atoms with van der Waals surface area (Å²) in [6, 6.07) is 1.58. The molecule has 0 radical (unpaired) electrons. The molecule has 2 heterocycles. The Hall–Kier alpha value is -0.0800. The zero-order valence-corrected chi connectivity index (χ0v) is 13.8. The summed E-state index contributed by atoms with van der Waals surface area (Å²) < 4.78 is 0. The molecule has 2 saturated heterocycles. The summed E-state index contributed by atoms with van der Waals surface area (Å²) in [5, 5.41) is 0. The minimum Gasteiger partial charge on any atom is -0.298 e. The van der Waals surface area contributed by atoms with Gasteiger partial charge in [0.25, 0.3) is 0 Å². The summed E-state index contributed by atoms with van der Waals surface area (Å²) in [6.07, 6.45) is 6.83. The van der Waals surface area contributed by atoms with E-state index in [9.17, 15) is 0 Å². The van der Waals surface area contributed by atoms with Gasteiger partial charge in [0, 0.05) is 30.7 Å². The van der Waals surface area contributed by atoms with E-state index in [2.05, 4.69) is 44.4 Å². The van der Waals surface area contributed by atoms with Crippen LogP contribution in [0.2, 0.25) is 0 Å². The quantitative estimate of drug-likeness (QED) is 0.764. The number of fused-ring (bicyclic) bond motifs is 1. The van der Waals surface area contributed by atoms with Crippen molar-refractivity contribution in [1.82, 2.24) is 9.80 Å². The molecular formula is C17H34N2. The number of hydrogen-bond donors (Lipinski definition) is 0. The third-order valence-electron chi connectivity index (χ3n) is 5.96. The maximum absolute atomic E-state index is 2.88. The number of nitrogens with zero attached hydrogens (tertiary/aromatic N) is 2. The van der Waals surface area contributed by atoms with E-state index < -0.39 is 0 Å². The molecule has 2 rings (SSSR count). The van der Waals surface area contributed by atoms with Crippen molar-refractivity contribution in [1.29, 1.82) is 0 Å². The zero-order valence-electron chi connectivity index (χ0n) is 13.8. The molecule has 19 heavy (non-hydrogen) atoms. The van der Waals surface area contributed by atoms with E-state index in [1.54, 1.807) is 0 Å². The first-order chi connectivity index (χ1) is 9.01. The van der Waals surface area contributed by atoms with Crippen molar-refractivity contribution in [2.45, 2.75) is 84.3 Å². The summed E-state index contributed by atoms with van der Waals surface area (Å²) >= 11 is 0. The highest BCUT2D eigenvalue weighted by molar-refractivity contribution is 4.98. The summed E-state index contributed by atoms with van der Waals surface area (Å²) in [6.45, 7) is 16.0. The van der Waals surface area contributed by atoms with Crippen LogP contribution in [0.1, 0.15) is 66.7 Å². The maximum atomic E-state index is 2.88. The lowest BCUT2D eigenvalue weighted by Crippen LogP contribution is -2.66. The summed E-state index contributed by atoms with van der Waals surface area (Å²) in [7, 11) is 0. The van der Waals surface area contributed by atoms with Crippen LogP contribution in [0.4, 0.5) is 0 Å². The lowest BCUT2D eigenvalue weighted by Gasteiger charge is -2.56. The van der Waals surface area contributed by atoms with Crippen LogP contribution in [-0.4, -0.2) is 47.1 Å². The fraction of sp³-hybridized carbons (Fsp3) is 1.00. The molecule has 0 amide bonds. The highest BCUT2D eigenvalue weighted by atomic mass is 15.3. The van der Waals surface area contributed by atoms with Gasteiger partial charge in [0.2, 0.25) is 0 Å². The molecule has 2 unspecified atom stereocenters. The van der Waals surface area contributed by atoms with Crippen LogP contribution in [0.15, 0.2) is 0 Å². The van der Waals surface area contributed by atoms with Gasteiger partial charge in [-0.3, -0.25) is 9.80 Å². The van der Waals surface area contributed by atoms with Crippen molar-refractivity contribution in [3.63, 3.8) is 0 Å². The molecule has 0 aromatic rings. The van der Waals surface area contributed by atoms with Gasteiger partial charge in [-0.15, -0.1) is 0 Å². The molecule has 2 aliphatic rings. The van der Waals surface area contributed by atoms with Crippen LogP contribution in [0, 0.1) is 5.92 Å². The van der Waals surface area contributed by atoms with E-state index in [0.29, 0.717) is 5.54 Å². The van der Waals surface area contributed by atoms with Crippen LogP contribution in [0.5, 0.6) is 0 Å². The second-order valence-corrected chi connectivity index (χ2v) is 7.31. The SMILES string of the molecule is CCC(C)(CC)N1CC2CCCCN2CC1C(C)C. The summed E-state index contributed by atoms with van der Waals surface area (Å²) in [4.78, 5) is 5.67. The number of piperazine rings is 1. The minimum absolute atomic E-state index is 0.401. The Balaban J connectivity index is 2.18. The molecular weight excluding hydrogens is 232 g/mol. The van der Waals surface area contributed by atoms with Crippen molar-refractivity contribution in [3.8, 4) is 0 Å². The topological polar surface area (TPSA) is 6.48 Å². The van der Waals surface area contributed by atoms with Crippen molar-refractivity contribution in [2.24, 2.45) is 5.92 Å². The van der Waals surface area contributed by atoms with Gasteiger partial charge >= 0.3 is 0 Å². The van der Waals surface area contributed by atoms with Crippen LogP contribution in [0.3, 0.4) is 0 Å². The van der Waals surface area contributed by atoms with Gasteiger partial charge < -0.3 is 0 Å². The second-order valence-electron chi connectivity index (χ2n) is 7.31. The average molecular weight is 266 g/mol. The molecule has 2 aliphatic heterocycles. The Kier molecular flexibility index (Phi) is 4.94. The number of hydrogen-bond acceptors (Lipinski definition) is 2. The van der Waals surface area contributed by atoms with Gasteiger partial charge in [0.1, 0.15) is 0 Å². The first-order valence-electron chi connectivity index (χ1n) is 8.52. The fourth-order valence-electron chi connectivity index (χ4n) is 4.06. The highest BCUT2D eigenvalue weighted by Crippen LogP contribution is 2.34. The molecule has 2 fully saturated rings. The van der Waals surface area contributed by atoms with Gasteiger partial charge in [0.15, 0.2) is 0 Å². The van der Waals surface area contributed by atoms with Crippen molar-refractivity contribution < 1.29 is 0 Å². The van der Waals surface area contributed by atoms with Crippen molar-refractivity contribution in [3.05, 3.63) is 0 Å². The molecule has 0 saturated carbocycles. The molecule has 0 aromatic carbocycles. The van der Waals surface area contributed by atoms with Crippen LogP contribution >= 0.6 is 0 Å². The van der Waals surface area contributed by atoms with Crippen LogP contribution in [-0.2, 0) is 0 Å². The Bertz CT molecular complexity index is 283. The van der Waals surface area contributed by atoms with E-state index >= 15 is 0 Å². The van der Waals surface area contributed by atoms with E-state index in [4.69, 9.17) is 0 Å². The molecule has 2 atom stereocenters. The lowest BCUT2D eigenvalue weighted by molar-refractivity contribution is -0.0650. The van der Waals surface area contributed by atoms with Crippen molar-refractivity contribution >= 4 is 0 Å². The second kappa shape index (κ2) is 6.13. The van der Waals surface area contributed by atoms with Crippen LogP contribution < -0.4 is 0 Å². The average Bonchev–Trinajstić information content (AvgIpc) is 2.45. The molecule has 2 heteroatoms. The predicted molar refractivity (Wildman–Crippen MR) is 83.5 cm³/mol. The van der Waals surface area contributed by atoms with Gasteiger partial charge in [-0.05, 0) is 45.1 Å². The molecule has 2 nitrogen and oxygen atoms in total. The van der Waals surface area contributed by atoms with Gasteiger partial charge in [-0.25, -0.2) is 0 Å². The summed E-state index contributed by atoms with van der Waals surface area (Å²) in [5.74, 6) is 0.764. The molecule has 0 aromatic heterocycles. The van der Waals surface area contributed by atoms with E-state index in [1.165, 1.54) is 51.7 Å². The third kappa shape index (κ3) is 3.00. The normalized spacial score (nSPS) is 30.6. The van der Waals surface area contributed by atoms with Gasteiger partial charge in [0.05, 0.1) is 0 Å². The molecule has 0 aliphatic carbocycles. The van der Waals surface area contributed by atoms with Crippen LogP contribution in [0.25, 0.3) is 0 Å². The predicted octanol–water partition coefficient (Wildman–Crippen LogP) is 3.76. The largest absolute Gasteiger partial charge is 0.298 e. The maximum Gasteiger partial charge on any atom is 0.0252 e. The minimum atomic E-state index is 0.401. The molecule has 0 spiro atoms. The molecule has 0 bridgehead atoms. The first kappa shape index (κ1) is 15.3. The smallest absolute Gasteiger partial charge is 0.0252 e. The van der Waals surface area contributed by atoms with Gasteiger partial charge in [-0.2, -0.15) is 0 Å². The number of rotatable bonds is 4. The van der Waals surface area contributed by atoms with E-state index in [1.807, 2.05) is 0 Å². The zero-order chi connectivity index (χ0) is 14.0. The van der Waals surface area contributed by atoms with Crippen molar-refractivity contribution in [2.75, 3.05) is 19.6 Å². The standard InChI is InChI=1S/C17H34N2/c1-6-17(5,7-2)19-12-15-10-8-9-11-18(15)13-16(19)14(3)4/h14-16H,6-13H2,1-5H3. The highest BCUT2D eigenvalue weighted by Gasteiger charge is 2.42. The Labute approximate surface area is 120 Å². The monoisotopic (exact) mass is 266 g/mol. The Morgan fingerprint density at radius 2 is 1.79 bits per heavy atom. The Morgan fingerprint density at radius 3 is 2.37 bits per heavy atom. The summed E-state index contributed by atoms with van der Waals surface area (Å²) in [5.41, 5.74) is 0.401. The lowest BCUT2D eigenvalue weighted by atomic mass is 9.84. The van der Waals surface area contributed by atoms with E-state index in [0.717, 1.165) is 18.0 Å². The third-order valence-corrected chi connectivity index (χ3v) is 5.96. The fourth-order valence-corrected chi connectivity index (χ4v) is 4.06. The number of piperidine rings is 1. The first-order valence-corrected chi connectivity index (χ1v) is 8.52. The Morgan fingerprint density at radius 1 is 1.11 bits per heavy atom. The van der Waals surface area contributed by atoms with Gasteiger partial charge in [-0.1, -0.05) is 34.1 Å². The molecule has 112 valence electrons. The van der Waals surface area contributed by atoms with E-state index in [-0.39, 0.29) is 0 Å². The molecule has 0 N–H and O–H groups in total.